The molecule has 3 amide bonds. The van der Waals surface area contributed by atoms with Crippen molar-refractivity contribution >= 4 is 34.2 Å². The first-order valence-corrected chi connectivity index (χ1v) is 9.29. The number of carbonyl (C=O) groups is 3. The van der Waals surface area contributed by atoms with Gasteiger partial charge in [-0.25, -0.2) is 0 Å². The molecule has 4 rings (SSSR count). The summed E-state index contributed by atoms with van der Waals surface area (Å²) in [7, 11) is 0. The van der Waals surface area contributed by atoms with Crippen molar-refractivity contribution in [3.05, 3.63) is 77.9 Å². The molecule has 3 aromatic carbocycles. The van der Waals surface area contributed by atoms with E-state index in [9.17, 15) is 14.4 Å². The zero-order valence-electron chi connectivity index (χ0n) is 15.5. The lowest BCUT2D eigenvalue weighted by Crippen LogP contribution is -2.30. The van der Waals surface area contributed by atoms with E-state index in [1.807, 2.05) is 49.4 Å². The Balaban J connectivity index is 1.58. The number of imide groups is 1. The molecule has 1 N–H and O–H groups in total. The number of benzene rings is 3. The second kappa shape index (κ2) is 7.27. The topological polar surface area (TPSA) is 66.5 Å². The lowest BCUT2D eigenvalue weighted by molar-refractivity contribution is -0.121. The molecule has 140 valence electrons. The van der Waals surface area contributed by atoms with Gasteiger partial charge in [0.15, 0.2) is 0 Å². The van der Waals surface area contributed by atoms with Gasteiger partial charge in [0.2, 0.25) is 11.8 Å². The van der Waals surface area contributed by atoms with E-state index in [4.69, 9.17) is 0 Å². The van der Waals surface area contributed by atoms with Crippen LogP contribution in [0.4, 0.5) is 5.69 Å². The van der Waals surface area contributed by atoms with E-state index in [0.29, 0.717) is 11.3 Å². The summed E-state index contributed by atoms with van der Waals surface area (Å²) in [6.07, 6.45) is 0.431. The molecule has 3 aromatic rings. The SMILES string of the molecule is C[C@H](NC(=O)c1cccc(N2C(=O)CCC2=O)c1)c1cccc2ccccc12. The zero-order valence-corrected chi connectivity index (χ0v) is 15.5. The van der Waals surface area contributed by atoms with E-state index in [2.05, 4.69) is 5.32 Å². The van der Waals surface area contributed by atoms with Crippen molar-refractivity contribution in [3.8, 4) is 0 Å². The summed E-state index contributed by atoms with van der Waals surface area (Å²) >= 11 is 0. The van der Waals surface area contributed by atoms with Crippen LogP contribution in [0.2, 0.25) is 0 Å². The van der Waals surface area contributed by atoms with Gasteiger partial charge in [-0.2, -0.15) is 0 Å². The highest BCUT2D eigenvalue weighted by atomic mass is 16.2. The lowest BCUT2D eigenvalue weighted by atomic mass is 9.99. The molecule has 0 aliphatic carbocycles. The maximum absolute atomic E-state index is 12.8. The van der Waals surface area contributed by atoms with Gasteiger partial charge in [-0.3, -0.25) is 19.3 Å². The fourth-order valence-electron chi connectivity index (χ4n) is 3.64. The summed E-state index contributed by atoms with van der Waals surface area (Å²) in [6, 6.07) is 20.5. The number of nitrogens with zero attached hydrogens (tertiary/aromatic N) is 1. The first kappa shape index (κ1) is 17.9. The molecule has 5 nitrogen and oxygen atoms in total. The Morgan fingerprint density at radius 3 is 2.39 bits per heavy atom. The molecule has 28 heavy (non-hydrogen) atoms. The van der Waals surface area contributed by atoms with Crippen LogP contribution in [0.3, 0.4) is 0 Å². The van der Waals surface area contributed by atoms with Crippen molar-refractivity contribution in [3.63, 3.8) is 0 Å². The molecule has 1 heterocycles. The zero-order chi connectivity index (χ0) is 19.7. The summed E-state index contributed by atoms with van der Waals surface area (Å²) in [5, 5.41) is 5.23. The third kappa shape index (κ3) is 3.27. The van der Waals surface area contributed by atoms with Gasteiger partial charge in [-0.05, 0) is 41.5 Å². The van der Waals surface area contributed by atoms with E-state index in [0.717, 1.165) is 21.2 Å². The van der Waals surface area contributed by atoms with Crippen molar-refractivity contribution in [2.45, 2.75) is 25.8 Å². The second-order valence-electron chi connectivity index (χ2n) is 6.94. The maximum Gasteiger partial charge on any atom is 0.251 e. The third-order valence-electron chi connectivity index (χ3n) is 5.06. The van der Waals surface area contributed by atoms with E-state index >= 15 is 0 Å². The summed E-state index contributed by atoms with van der Waals surface area (Å²) in [6.45, 7) is 1.94. The number of amides is 3. The van der Waals surface area contributed by atoms with Gasteiger partial charge in [0.1, 0.15) is 0 Å². The highest BCUT2D eigenvalue weighted by Crippen LogP contribution is 2.26. The number of anilines is 1. The van der Waals surface area contributed by atoms with Gasteiger partial charge < -0.3 is 5.32 Å². The predicted octanol–water partition coefficient (Wildman–Crippen LogP) is 3.98. The quantitative estimate of drug-likeness (QED) is 0.705. The van der Waals surface area contributed by atoms with Crippen molar-refractivity contribution in [1.29, 1.82) is 0 Å². The van der Waals surface area contributed by atoms with Crippen LogP contribution in [-0.2, 0) is 9.59 Å². The first-order valence-electron chi connectivity index (χ1n) is 9.29. The van der Waals surface area contributed by atoms with Gasteiger partial charge in [-0.15, -0.1) is 0 Å². The first-order chi connectivity index (χ1) is 13.5. The van der Waals surface area contributed by atoms with Gasteiger partial charge in [0.25, 0.3) is 5.91 Å². The maximum atomic E-state index is 12.8. The lowest BCUT2D eigenvalue weighted by Gasteiger charge is -2.18. The van der Waals surface area contributed by atoms with Gasteiger partial charge in [-0.1, -0.05) is 48.5 Å². The predicted molar refractivity (Wildman–Crippen MR) is 108 cm³/mol. The molecule has 1 fully saturated rings. The van der Waals surface area contributed by atoms with Gasteiger partial charge in [0, 0.05) is 18.4 Å². The molecule has 1 saturated heterocycles. The highest BCUT2D eigenvalue weighted by Gasteiger charge is 2.30. The highest BCUT2D eigenvalue weighted by molar-refractivity contribution is 6.20. The van der Waals surface area contributed by atoms with Crippen LogP contribution < -0.4 is 10.2 Å². The summed E-state index contributed by atoms with van der Waals surface area (Å²) < 4.78 is 0. The normalized spacial score (nSPS) is 15.1. The van der Waals surface area contributed by atoms with Crippen molar-refractivity contribution in [2.75, 3.05) is 4.90 Å². The van der Waals surface area contributed by atoms with Crippen LogP contribution in [0.1, 0.15) is 41.7 Å². The average Bonchev–Trinajstić information content (AvgIpc) is 3.05. The van der Waals surface area contributed by atoms with Crippen molar-refractivity contribution < 1.29 is 14.4 Å². The molecular formula is C23H20N2O3. The molecule has 0 aromatic heterocycles. The number of nitrogens with one attached hydrogen (secondary N) is 1. The molecule has 5 heteroatoms. The molecule has 0 saturated carbocycles. The molecule has 1 atom stereocenters. The number of hydrogen-bond acceptors (Lipinski definition) is 3. The van der Waals surface area contributed by atoms with Crippen LogP contribution in [0.25, 0.3) is 10.8 Å². The van der Waals surface area contributed by atoms with Crippen LogP contribution in [0.15, 0.2) is 66.7 Å². The Bertz CT molecular complexity index is 1070. The summed E-state index contributed by atoms with van der Waals surface area (Å²) in [5.41, 5.74) is 1.89. The van der Waals surface area contributed by atoms with E-state index < -0.39 is 0 Å². The van der Waals surface area contributed by atoms with Crippen molar-refractivity contribution in [2.24, 2.45) is 0 Å². The molecule has 0 bridgehead atoms. The van der Waals surface area contributed by atoms with Crippen molar-refractivity contribution in [1.82, 2.24) is 5.32 Å². The van der Waals surface area contributed by atoms with Gasteiger partial charge in [0.05, 0.1) is 11.7 Å². The Labute approximate surface area is 163 Å². The molecule has 0 unspecified atom stereocenters. The fourth-order valence-corrected chi connectivity index (χ4v) is 3.64. The molecule has 0 spiro atoms. The van der Waals surface area contributed by atoms with Crippen LogP contribution in [0.5, 0.6) is 0 Å². The second-order valence-corrected chi connectivity index (χ2v) is 6.94. The smallest absolute Gasteiger partial charge is 0.251 e. The minimum absolute atomic E-state index is 0.197. The van der Waals surface area contributed by atoms with E-state index in [1.165, 1.54) is 0 Å². The fraction of sp³-hybridized carbons (Fsp3) is 0.174. The van der Waals surface area contributed by atoms with E-state index in [1.54, 1.807) is 24.3 Å². The largest absolute Gasteiger partial charge is 0.345 e. The monoisotopic (exact) mass is 372 g/mol. The standard InChI is InChI=1S/C23H20N2O3/c1-15(19-11-5-7-16-6-2-3-10-20(16)19)24-23(28)17-8-4-9-18(14-17)25-21(26)12-13-22(25)27/h2-11,14-15H,12-13H2,1H3,(H,24,28)/t15-/m0/s1. The third-order valence-corrected chi connectivity index (χ3v) is 5.06. The summed E-state index contributed by atoms with van der Waals surface area (Å²) in [5.74, 6) is -0.709. The molecule has 1 aliphatic rings. The average molecular weight is 372 g/mol. The van der Waals surface area contributed by atoms with Crippen LogP contribution >= 0.6 is 0 Å². The Kier molecular flexibility index (Phi) is 4.65. The minimum atomic E-state index is -0.249. The Morgan fingerprint density at radius 2 is 1.61 bits per heavy atom. The Morgan fingerprint density at radius 1 is 0.929 bits per heavy atom. The minimum Gasteiger partial charge on any atom is -0.345 e. The number of rotatable bonds is 4. The number of carbonyl (C=O) groups excluding carboxylic acids is 3. The molecule has 1 aliphatic heterocycles. The number of hydrogen-bond donors (Lipinski definition) is 1. The van der Waals surface area contributed by atoms with Crippen LogP contribution in [0, 0.1) is 0 Å². The Hall–Kier alpha value is -3.47. The molecular weight excluding hydrogens is 352 g/mol. The van der Waals surface area contributed by atoms with Crippen LogP contribution in [-0.4, -0.2) is 17.7 Å². The number of fused-ring (bicyclic) bond motifs is 1. The van der Waals surface area contributed by atoms with E-state index in [-0.39, 0.29) is 36.6 Å². The van der Waals surface area contributed by atoms with Gasteiger partial charge >= 0.3 is 0 Å². The molecule has 0 radical (unpaired) electrons. The summed E-state index contributed by atoms with van der Waals surface area (Å²) in [4.78, 5) is 37.9.